The molecule has 2 N–H and O–H groups in total. The SMILES string of the molecule is CCC(C)NC(=NC)NC1CC(C)(OC)C1(C)C.I. The second kappa shape index (κ2) is 7.11. The Bertz CT molecular complexity index is 320. The fourth-order valence-electron chi connectivity index (χ4n) is 2.39. The molecule has 1 fully saturated rings. The van der Waals surface area contributed by atoms with Gasteiger partial charge in [0.05, 0.1) is 5.60 Å². The van der Waals surface area contributed by atoms with Gasteiger partial charge in [-0.2, -0.15) is 0 Å². The Morgan fingerprint density at radius 2 is 2.00 bits per heavy atom. The highest BCUT2D eigenvalue weighted by molar-refractivity contribution is 14.0. The third-order valence-corrected chi connectivity index (χ3v) is 4.81. The number of guanidine groups is 1. The number of ether oxygens (including phenoxy) is 1. The van der Waals surface area contributed by atoms with E-state index in [2.05, 4.69) is 50.2 Å². The van der Waals surface area contributed by atoms with Crippen molar-refractivity contribution in [1.29, 1.82) is 0 Å². The lowest BCUT2D eigenvalue weighted by molar-refractivity contribution is -0.176. The van der Waals surface area contributed by atoms with Crippen molar-refractivity contribution >= 4 is 29.9 Å². The Kier molecular flexibility index (Phi) is 7.09. The van der Waals surface area contributed by atoms with E-state index >= 15 is 0 Å². The molecule has 0 bridgehead atoms. The number of halogens is 1. The van der Waals surface area contributed by atoms with Crippen LogP contribution in [0.5, 0.6) is 0 Å². The van der Waals surface area contributed by atoms with Crippen molar-refractivity contribution < 1.29 is 4.74 Å². The summed E-state index contributed by atoms with van der Waals surface area (Å²) in [5.74, 6) is 0.889. The number of nitrogens with zero attached hydrogens (tertiary/aromatic N) is 1. The fraction of sp³-hybridized carbons (Fsp3) is 0.929. The van der Waals surface area contributed by atoms with Crippen molar-refractivity contribution in [2.75, 3.05) is 14.2 Å². The van der Waals surface area contributed by atoms with E-state index in [1.54, 1.807) is 7.11 Å². The molecule has 5 heteroatoms. The first kappa shape index (κ1) is 19.0. The number of hydrogen-bond acceptors (Lipinski definition) is 2. The van der Waals surface area contributed by atoms with Gasteiger partial charge in [-0.25, -0.2) is 0 Å². The molecule has 0 aromatic heterocycles. The van der Waals surface area contributed by atoms with Gasteiger partial charge in [-0.3, -0.25) is 4.99 Å². The van der Waals surface area contributed by atoms with Crippen LogP contribution in [0.2, 0.25) is 0 Å². The number of aliphatic imine (C=N–C) groups is 1. The van der Waals surface area contributed by atoms with Crippen molar-refractivity contribution in [1.82, 2.24) is 10.6 Å². The maximum atomic E-state index is 5.64. The van der Waals surface area contributed by atoms with Crippen molar-refractivity contribution in [2.45, 2.75) is 65.1 Å². The molecule has 0 heterocycles. The maximum absolute atomic E-state index is 5.64. The van der Waals surface area contributed by atoms with Gasteiger partial charge in [0.25, 0.3) is 0 Å². The van der Waals surface area contributed by atoms with Gasteiger partial charge in [0.2, 0.25) is 0 Å². The second-order valence-corrected chi connectivity index (χ2v) is 6.08. The lowest BCUT2D eigenvalue weighted by Gasteiger charge is -2.59. The normalized spacial score (nSPS) is 30.9. The monoisotopic (exact) mass is 383 g/mol. The predicted octanol–water partition coefficient (Wildman–Crippen LogP) is 2.77. The zero-order valence-corrected chi connectivity index (χ0v) is 15.7. The van der Waals surface area contributed by atoms with Crippen LogP contribution in [0, 0.1) is 5.41 Å². The highest BCUT2D eigenvalue weighted by Crippen LogP contribution is 2.51. The van der Waals surface area contributed by atoms with Gasteiger partial charge in [-0.1, -0.05) is 20.8 Å². The molecule has 19 heavy (non-hydrogen) atoms. The summed E-state index contributed by atoms with van der Waals surface area (Å²) in [5.41, 5.74) is 0.0642. The molecule has 0 aromatic rings. The molecule has 114 valence electrons. The minimum Gasteiger partial charge on any atom is -0.378 e. The fourth-order valence-corrected chi connectivity index (χ4v) is 2.39. The van der Waals surface area contributed by atoms with Crippen molar-refractivity contribution in [3.8, 4) is 0 Å². The standard InChI is InChI=1S/C14H29N3O.HI/c1-8-10(2)16-12(15-6)17-11-9-14(5,18-7)13(11,3)4;/h10-11H,8-9H2,1-7H3,(H2,15,16,17);1H. The zero-order chi connectivity index (χ0) is 14.0. The smallest absolute Gasteiger partial charge is 0.191 e. The summed E-state index contributed by atoms with van der Waals surface area (Å²) >= 11 is 0. The third kappa shape index (κ3) is 3.74. The van der Waals surface area contributed by atoms with Gasteiger partial charge in [-0.05, 0) is 26.7 Å². The molecule has 0 spiro atoms. The predicted molar refractivity (Wildman–Crippen MR) is 92.4 cm³/mol. The Morgan fingerprint density at radius 3 is 2.37 bits per heavy atom. The summed E-state index contributed by atoms with van der Waals surface area (Å²) in [6.07, 6.45) is 2.10. The zero-order valence-electron chi connectivity index (χ0n) is 13.3. The first-order valence-electron chi connectivity index (χ1n) is 6.85. The van der Waals surface area contributed by atoms with E-state index < -0.39 is 0 Å². The largest absolute Gasteiger partial charge is 0.378 e. The molecule has 0 amide bonds. The van der Waals surface area contributed by atoms with Gasteiger partial charge in [-0.15, -0.1) is 24.0 Å². The molecule has 1 rings (SSSR count). The third-order valence-electron chi connectivity index (χ3n) is 4.81. The summed E-state index contributed by atoms with van der Waals surface area (Å²) < 4.78 is 5.64. The molecule has 0 saturated heterocycles. The molecular weight excluding hydrogens is 353 g/mol. The molecule has 0 aliphatic heterocycles. The summed E-state index contributed by atoms with van der Waals surface area (Å²) in [4.78, 5) is 4.29. The van der Waals surface area contributed by atoms with E-state index in [9.17, 15) is 0 Å². The van der Waals surface area contributed by atoms with Crippen LogP contribution in [0.3, 0.4) is 0 Å². The topological polar surface area (TPSA) is 45.7 Å². The molecule has 1 aliphatic carbocycles. The van der Waals surface area contributed by atoms with E-state index in [1.807, 2.05) is 7.05 Å². The molecule has 4 nitrogen and oxygen atoms in total. The first-order chi connectivity index (χ1) is 8.30. The van der Waals surface area contributed by atoms with Crippen LogP contribution < -0.4 is 10.6 Å². The van der Waals surface area contributed by atoms with Gasteiger partial charge >= 0.3 is 0 Å². The van der Waals surface area contributed by atoms with Gasteiger partial charge in [0.1, 0.15) is 0 Å². The molecule has 0 radical (unpaired) electrons. The minimum absolute atomic E-state index is 0. The minimum atomic E-state index is -0.0418. The number of rotatable bonds is 4. The summed E-state index contributed by atoms with van der Waals surface area (Å²) in [5, 5.41) is 6.90. The van der Waals surface area contributed by atoms with E-state index in [-0.39, 0.29) is 35.0 Å². The van der Waals surface area contributed by atoms with E-state index in [0.717, 1.165) is 18.8 Å². The lowest BCUT2D eigenvalue weighted by atomic mass is 9.56. The van der Waals surface area contributed by atoms with Crippen molar-refractivity contribution in [3.63, 3.8) is 0 Å². The first-order valence-corrected chi connectivity index (χ1v) is 6.85. The molecular formula is C14H30IN3O. The Hall–Kier alpha value is -0.0400. The van der Waals surface area contributed by atoms with Crippen LogP contribution in [-0.2, 0) is 4.74 Å². The Balaban J connectivity index is 0.00000324. The van der Waals surface area contributed by atoms with Crippen LogP contribution in [0.15, 0.2) is 4.99 Å². The van der Waals surface area contributed by atoms with Crippen LogP contribution in [0.4, 0.5) is 0 Å². The van der Waals surface area contributed by atoms with Gasteiger partial charge in [0.15, 0.2) is 5.96 Å². The Labute approximate surface area is 135 Å². The van der Waals surface area contributed by atoms with E-state index in [1.165, 1.54) is 0 Å². The molecule has 3 atom stereocenters. The van der Waals surface area contributed by atoms with Crippen LogP contribution >= 0.6 is 24.0 Å². The van der Waals surface area contributed by atoms with Crippen LogP contribution in [-0.4, -0.2) is 37.8 Å². The lowest BCUT2D eigenvalue weighted by Crippen LogP contribution is -2.69. The maximum Gasteiger partial charge on any atom is 0.191 e. The molecule has 1 aliphatic rings. The number of methoxy groups -OCH3 is 1. The van der Waals surface area contributed by atoms with E-state index in [0.29, 0.717) is 12.1 Å². The van der Waals surface area contributed by atoms with Crippen LogP contribution in [0.1, 0.15) is 47.5 Å². The Morgan fingerprint density at radius 1 is 1.42 bits per heavy atom. The number of nitrogens with one attached hydrogen (secondary N) is 2. The highest BCUT2D eigenvalue weighted by Gasteiger charge is 2.58. The van der Waals surface area contributed by atoms with Crippen LogP contribution in [0.25, 0.3) is 0 Å². The van der Waals surface area contributed by atoms with Crippen molar-refractivity contribution in [3.05, 3.63) is 0 Å². The summed E-state index contributed by atoms with van der Waals surface area (Å²) in [6, 6.07) is 0.839. The average molecular weight is 383 g/mol. The quantitative estimate of drug-likeness (QED) is 0.446. The average Bonchev–Trinajstić information content (AvgIpc) is 2.36. The molecule has 0 aromatic carbocycles. The molecule has 3 unspecified atom stereocenters. The number of hydrogen-bond donors (Lipinski definition) is 2. The van der Waals surface area contributed by atoms with Gasteiger partial charge in [0, 0.05) is 31.7 Å². The summed E-state index contributed by atoms with van der Waals surface area (Å²) in [6.45, 7) is 11.0. The second-order valence-electron chi connectivity index (χ2n) is 6.08. The van der Waals surface area contributed by atoms with E-state index in [4.69, 9.17) is 4.74 Å². The highest BCUT2D eigenvalue weighted by atomic mass is 127. The van der Waals surface area contributed by atoms with Crippen molar-refractivity contribution in [2.24, 2.45) is 10.4 Å². The van der Waals surface area contributed by atoms with Gasteiger partial charge < -0.3 is 15.4 Å². The molecule has 1 saturated carbocycles. The summed E-state index contributed by atoms with van der Waals surface area (Å²) in [7, 11) is 3.61.